The molecule has 0 heterocycles. The summed E-state index contributed by atoms with van der Waals surface area (Å²) in [5.74, 6) is 0. The topological polar surface area (TPSA) is 26.0 Å². The van der Waals surface area contributed by atoms with Crippen LogP contribution in [0.3, 0.4) is 0 Å². The molecule has 0 saturated carbocycles. The van der Waals surface area contributed by atoms with Crippen molar-refractivity contribution in [1.29, 1.82) is 0 Å². The van der Waals surface area contributed by atoms with Gasteiger partial charge in [0.05, 0.1) is 0 Å². The summed E-state index contributed by atoms with van der Waals surface area (Å²) in [4.78, 5) is 2.55. The molecule has 1 atom stereocenters. The molecule has 2 aromatic carbocycles. The Labute approximate surface area is 134 Å². The molecule has 0 bridgehead atoms. The first-order valence-electron chi connectivity index (χ1n) is 6.87. The molecule has 20 heavy (non-hydrogen) atoms. The summed E-state index contributed by atoms with van der Waals surface area (Å²) in [5.41, 5.74) is 8.77. The smallest absolute Gasteiger partial charge is 0.0186 e. The van der Waals surface area contributed by atoms with Gasteiger partial charge in [-0.1, -0.05) is 58.4 Å². The fourth-order valence-electron chi connectivity index (χ4n) is 2.05. The number of aryl methyl sites for hydroxylation is 1. The normalized spacial score (nSPS) is 12.4. The van der Waals surface area contributed by atoms with Crippen molar-refractivity contribution < 1.29 is 0 Å². The van der Waals surface area contributed by atoms with Crippen molar-refractivity contribution in [2.24, 2.45) is 5.73 Å². The fourth-order valence-corrected chi connectivity index (χ4v) is 3.60. The summed E-state index contributed by atoms with van der Waals surface area (Å²) in [6, 6.07) is 15.3. The van der Waals surface area contributed by atoms with E-state index in [1.807, 2.05) is 6.07 Å². The van der Waals surface area contributed by atoms with Crippen LogP contribution in [0.2, 0.25) is 0 Å². The molecule has 0 aliphatic carbocycles. The maximum atomic E-state index is 6.12. The van der Waals surface area contributed by atoms with Gasteiger partial charge in [-0.3, -0.25) is 0 Å². The van der Waals surface area contributed by atoms with Gasteiger partial charge >= 0.3 is 0 Å². The summed E-state index contributed by atoms with van der Waals surface area (Å²) >= 11 is 5.33. The van der Waals surface area contributed by atoms with Crippen LogP contribution in [0.5, 0.6) is 0 Å². The number of halogens is 1. The lowest BCUT2D eigenvalue weighted by molar-refractivity contribution is 0.641. The van der Waals surface area contributed by atoms with Gasteiger partial charge in [0.25, 0.3) is 0 Å². The average Bonchev–Trinajstić information content (AvgIpc) is 2.42. The van der Waals surface area contributed by atoms with Crippen LogP contribution in [0.1, 0.15) is 24.5 Å². The van der Waals surface area contributed by atoms with E-state index in [0.717, 1.165) is 17.3 Å². The van der Waals surface area contributed by atoms with Crippen molar-refractivity contribution >= 4 is 27.7 Å². The van der Waals surface area contributed by atoms with E-state index in [9.17, 15) is 0 Å². The molecule has 0 fully saturated rings. The summed E-state index contributed by atoms with van der Waals surface area (Å²) in [6.07, 6.45) is 1.95. The highest BCUT2D eigenvalue weighted by Gasteiger charge is 2.09. The minimum atomic E-state index is 0.235. The molecule has 3 heteroatoms. The summed E-state index contributed by atoms with van der Waals surface area (Å²) < 4.78 is 1.11. The van der Waals surface area contributed by atoms with Gasteiger partial charge in [-0.15, -0.1) is 0 Å². The molecule has 1 unspecified atom stereocenters. The van der Waals surface area contributed by atoms with Crippen molar-refractivity contribution in [2.45, 2.75) is 42.5 Å². The Kier molecular flexibility index (Phi) is 5.70. The van der Waals surface area contributed by atoms with Crippen LogP contribution in [-0.4, -0.2) is 6.04 Å². The van der Waals surface area contributed by atoms with Crippen LogP contribution in [0.25, 0.3) is 0 Å². The molecule has 0 aliphatic rings. The van der Waals surface area contributed by atoms with Crippen molar-refractivity contribution in [3.63, 3.8) is 0 Å². The Morgan fingerprint density at radius 2 is 2.00 bits per heavy atom. The second kappa shape index (κ2) is 7.30. The van der Waals surface area contributed by atoms with E-state index in [0.29, 0.717) is 0 Å². The molecule has 2 N–H and O–H groups in total. The molecule has 2 aromatic rings. The molecular formula is C17H20BrNS. The molecule has 0 amide bonds. The van der Waals surface area contributed by atoms with Crippen LogP contribution in [-0.2, 0) is 6.42 Å². The zero-order valence-corrected chi connectivity index (χ0v) is 14.3. The zero-order chi connectivity index (χ0) is 14.5. The minimum absolute atomic E-state index is 0.235. The molecule has 2 rings (SSSR count). The van der Waals surface area contributed by atoms with Gasteiger partial charge in [0.2, 0.25) is 0 Å². The Bertz CT molecular complexity index is 583. The SMILES string of the molecule is CCC(N)Cc1cc(C)ccc1Sc1cccc(Br)c1. The lowest BCUT2D eigenvalue weighted by Crippen LogP contribution is -2.21. The first-order valence-corrected chi connectivity index (χ1v) is 8.48. The molecule has 0 spiro atoms. The fraction of sp³-hybridized carbons (Fsp3) is 0.294. The van der Waals surface area contributed by atoms with Gasteiger partial charge in [-0.05, 0) is 49.6 Å². The number of hydrogen-bond acceptors (Lipinski definition) is 2. The second-order valence-electron chi connectivity index (χ2n) is 5.04. The number of hydrogen-bond donors (Lipinski definition) is 1. The Balaban J connectivity index is 2.26. The van der Waals surface area contributed by atoms with E-state index < -0.39 is 0 Å². The standard InChI is InChI=1S/C17H20BrNS/c1-3-15(19)10-13-9-12(2)7-8-17(13)20-16-6-4-5-14(18)11-16/h4-9,11,15H,3,10,19H2,1-2H3. The third-order valence-electron chi connectivity index (χ3n) is 3.25. The first-order chi connectivity index (χ1) is 9.58. The lowest BCUT2D eigenvalue weighted by Gasteiger charge is -2.14. The average molecular weight is 350 g/mol. The van der Waals surface area contributed by atoms with E-state index in [1.54, 1.807) is 11.8 Å². The number of nitrogens with two attached hydrogens (primary N) is 1. The van der Waals surface area contributed by atoms with Gasteiger partial charge in [0, 0.05) is 20.3 Å². The van der Waals surface area contributed by atoms with Gasteiger partial charge < -0.3 is 5.73 Å². The van der Waals surface area contributed by atoms with Crippen LogP contribution in [0, 0.1) is 6.92 Å². The largest absolute Gasteiger partial charge is 0.327 e. The number of benzene rings is 2. The van der Waals surface area contributed by atoms with Crippen LogP contribution in [0.15, 0.2) is 56.7 Å². The highest BCUT2D eigenvalue weighted by atomic mass is 79.9. The molecule has 0 saturated heterocycles. The van der Waals surface area contributed by atoms with E-state index in [2.05, 4.69) is 66.2 Å². The zero-order valence-electron chi connectivity index (χ0n) is 11.9. The highest BCUT2D eigenvalue weighted by Crippen LogP contribution is 2.33. The summed E-state index contributed by atoms with van der Waals surface area (Å²) in [6.45, 7) is 4.27. The Hall–Kier alpha value is -0.770. The summed E-state index contributed by atoms with van der Waals surface area (Å²) in [7, 11) is 0. The lowest BCUT2D eigenvalue weighted by atomic mass is 10.0. The van der Waals surface area contributed by atoms with Crippen molar-refractivity contribution in [3.8, 4) is 0 Å². The Morgan fingerprint density at radius 1 is 1.20 bits per heavy atom. The van der Waals surface area contributed by atoms with Gasteiger partial charge in [-0.25, -0.2) is 0 Å². The van der Waals surface area contributed by atoms with Crippen LogP contribution in [0.4, 0.5) is 0 Å². The molecule has 106 valence electrons. The maximum Gasteiger partial charge on any atom is 0.0186 e. The minimum Gasteiger partial charge on any atom is -0.327 e. The van der Waals surface area contributed by atoms with E-state index in [4.69, 9.17) is 5.73 Å². The van der Waals surface area contributed by atoms with Crippen molar-refractivity contribution in [3.05, 3.63) is 58.1 Å². The molecule has 1 nitrogen and oxygen atoms in total. The van der Waals surface area contributed by atoms with Gasteiger partial charge in [-0.2, -0.15) is 0 Å². The van der Waals surface area contributed by atoms with Crippen LogP contribution >= 0.6 is 27.7 Å². The van der Waals surface area contributed by atoms with Gasteiger partial charge in [0.15, 0.2) is 0 Å². The number of rotatable bonds is 5. The van der Waals surface area contributed by atoms with E-state index >= 15 is 0 Å². The predicted octanol–water partition coefficient (Wildman–Crippen LogP) is 5.19. The predicted molar refractivity (Wildman–Crippen MR) is 91.4 cm³/mol. The van der Waals surface area contributed by atoms with Gasteiger partial charge in [0.1, 0.15) is 0 Å². The molecule has 0 radical (unpaired) electrons. The highest BCUT2D eigenvalue weighted by molar-refractivity contribution is 9.10. The molecule has 0 aliphatic heterocycles. The summed E-state index contributed by atoms with van der Waals surface area (Å²) in [5, 5.41) is 0. The van der Waals surface area contributed by atoms with E-state index in [-0.39, 0.29) is 6.04 Å². The van der Waals surface area contributed by atoms with Crippen molar-refractivity contribution in [2.75, 3.05) is 0 Å². The monoisotopic (exact) mass is 349 g/mol. The first kappa shape index (κ1) is 15.6. The quantitative estimate of drug-likeness (QED) is 0.803. The second-order valence-corrected chi connectivity index (χ2v) is 7.07. The molecule has 0 aromatic heterocycles. The Morgan fingerprint density at radius 3 is 2.70 bits per heavy atom. The van der Waals surface area contributed by atoms with Crippen molar-refractivity contribution in [1.82, 2.24) is 0 Å². The van der Waals surface area contributed by atoms with Crippen LogP contribution < -0.4 is 5.73 Å². The third-order valence-corrected chi connectivity index (χ3v) is 4.85. The maximum absolute atomic E-state index is 6.12. The molecular weight excluding hydrogens is 330 g/mol. The van der Waals surface area contributed by atoms with E-state index in [1.165, 1.54) is 20.9 Å². The third kappa shape index (κ3) is 4.37.